The van der Waals surface area contributed by atoms with Crippen LogP contribution in [0.25, 0.3) is 11.0 Å². The molecule has 0 aliphatic carbocycles. The maximum absolute atomic E-state index is 12.4. The van der Waals surface area contributed by atoms with Gasteiger partial charge in [-0.15, -0.1) is 0 Å². The number of carbonyl (C=O) groups is 1. The molecule has 3 rings (SSSR count). The number of anilines is 2. The third-order valence-corrected chi connectivity index (χ3v) is 4.58. The zero-order valence-electron chi connectivity index (χ0n) is 16.4. The van der Waals surface area contributed by atoms with Gasteiger partial charge in [-0.3, -0.25) is 14.5 Å². The summed E-state index contributed by atoms with van der Waals surface area (Å²) < 4.78 is 1.60. The van der Waals surface area contributed by atoms with Gasteiger partial charge in [0, 0.05) is 26.0 Å². The number of nitrogen functional groups attached to an aromatic ring is 1. The Morgan fingerprint density at radius 2 is 2.18 bits per heavy atom. The van der Waals surface area contributed by atoms with Gasteiger partial charge in [0.15, 0.2) is 5.82 Å². The fourth-order valence-electron chi connectivity index (χ4n) is 3.04. The van der Waals surface area contributed by atoms with Crippen molar-refractivity contribution in [3.63, 3.8) is 0 Å². The van der Waals surface area contributed by atoms with Crippen LogP contribution in [0.15, 0.2) is 30.7 Å². The molecule has 1 unspecified atom stereocenters. The number of nitrogens with two attached hydrogens (primary N) is 1. The summed E-state index contributed by atoms with van der Waals surface area (Å²) in [6.07, 6.45) is 7.82. The fraction of sp³-hybridized carbons (Fsp3) is 0.421. The molecule has 0 bridgehead atoms. The number of unbranched alkanes of at least 4 members (excludes halogenated alkanes) is 1. The normalized spacial score (nSPS) is 13.2. The van der Waals surface area contributed by atoms with Crippen molar-refractivity contribution in [1.82, 2.24) is 30.0 Å². The van der Waals surface area contributed by atoms with E-state index in [4.69, 9.17) is 5.73 Å². The Labute approximate surface area is 163 Å². The van der Waals surface area contributed by atoms with Crippen molar-refractivity contribution in [2.45, 2.75) is 38.6 Å². The van der Waals surface area contributed by atoms with E-state index in [0.717, 1.165) is 19.3 Å². The Hall–Kier alpha value is -3.23. The molecule has 28 heavy (non-hydrogen) atoms. The topological polar surface area (TPSA) is 124 Å². The van der Waals surface area contributed by atoms with Crippen molar-refractivity contribution in [3.05, 3.63) is 36.3 Å². The number of amides is 1. The number of hydrogen-bond donors (Lipinski definition) is 3. The van der Waals surface area contributed by atoms with Crippen LogP contribution >= 0.6 is 0 Å². The number of aryl methyl sites for hydroxylation is 1. The molecule has 9 heteroatoms. The van der Waals surface area contributed by atoms with Crippen molar-refractivity contribution >= 4 is 28.7 Å². The van der Waals surface area contributed by atoms with Crippen LogP contribution in [0, 0.1) is 0 Å². The van der Waals surface area contributed by atoms with Gasteiger partial charge in [-0.1, -0.05) is 19.8 Å². The van der Waals surface area contributed by atoms with Crippen LogP contribution in [-0.2, 0) is 7.05 Å². The first-order valence-electron chi connectivity index (χ1n) is 9.33. The highest BCUT2D eigenvalue weighted by molar-refractivity contribution is 5.93. The standard InChI is InChI=1S/C19H26N8O/c1-4-5-8-19(2,12-22-17(28)13-10-23-27(3)11-13)26-16-15-14(7-6-9-21-15)24-18(20)25-16/h6-7,9-11H,4-5,8,12H2,1-3H3,(H,22,28)(H3,20,24,25,26). The first-order valence-corrected chi connectivity index (χ1v) is 9.33. The van der Waals surface area contributed by atoms with Crippen molar-refractivity contribution < 1.29 is 4.79 Å². The molecule has 0 aliphatic heterocycles. The van der Waals surface area contributed by atoms with Gasteiger partial charge in [-0.25, -0.2) is 4.98 Å². The van der Waals surface area contributed by atoms with Gasteiger partial charge in [0.2, 0.25) is 5.95 Å². The van der Waals surface area contributed by atoms with Gasteiger partial charge in [0.05, 0.1) is 22.8 Å². The van der Waals surface area contributed by atoms with Gasteiger partial charge in [0.25, 0.3) is 5.91 Å². The quantitative estimate of drug-likeness (QED) is 0.545. The van der Waals surface area contributed by atoms with Crippen LogP contribution in [0.3, 0.4) is 0 Å². The summed E-state index contributed by atoms with van der Waals surface area (Å²) in [5.74, 6) is 0.584. The number of nitrogens with one attached hydrogen (secondary N) is 2. The lowest BCUT2D eigenvalue weighted by Crippen LogP contribution is -2.46. The Kier molecular flexibility index (Phi) is 5.72. The maximum Gasteiger partial charge on any atom is 0.254 e. The number of fused-ring (bicyclic) bond motifs is 1. The second-order valence-corrected chi connectivity index (χ2v) is 7.18. The second-order valence-electron chi connectivity index (χ2n) is 7.18. The van der Waals surface area contributed by atoms with Crippen LogP contribution in [0.2, 0.25) is 0 Å². The van der Waals surface area contributed by atoms with Crippen LogP contribution in [-0.4, -0.2) is 42.7 Å². The summed E-state index contributed by atoms with van der Waals surface area (Å²) in [4.78, 5) is 25.4. The number of rotatable bonds is 8. The number of hydrogen-bond acceptors (Lipinski definition) is 7. The summed E-state index contributed by atoms with van der Waals surface area (Å²) in [7, 11) is 1.78. The molecule has 3 aromatic rings. The number of nitrogens with zero attached hydrogens (tertiary/aromatic N) is 5. The third kappa shape index (κ3) is 4.54. The molecule has 1 amide bonds. The monoisotopic (exact) mass is 382 g/mol. The average molecular weight is 382 g/mol. The number of aromatic nitrogens is 5. The largest absolute Gasteiger partial charge is 0.368 e. The summed E-state index contributed by atoms with van der Waals surface area (Å²) in [5.41, 5.74) is 7.30. The minimum Gasteiger partial charge on any atom is -0.368 e. The summed E-state index contributed by atoms with van der Waals surface area (Å²) in [6, 6.07) is 3.65. The zero-order chi connectivity index (χ0) is 20.1. The first-order chi connectivity index (χ1) is 13.4. The fourth-order valence-corrected chi connectivity index (χ4v) is 3.04. The van der Waals surface area contributed by atoms with E-state index in [1.54, 1.807) is 30.3 Å². The number of carbonyl (C=O) groups excluding carboxylic acids is 1. The van der Waals surface area contributed by atoms with E-state index in [1.807, 2.05) is 12.1 Å². The number of pyridine rings is 1. The minimum atomic E-state index is -0.431. The first kappa shape index (κ1) is 19.5. The van der Waals surface area contributed by atoms with Gasteiger partial charge in [-0.2, -0.15) is 10.1 Å². The molecule has 0 radical (unpaired) electrons. The molecule has 148 valence electrons. The molecule has 0 saturated heterocycles. The van der Waals surface area contributed by atoms with Gasteiger partial charge in [-0.05, 0) is 25.5 Å². The molecule has 4 N–H and O–H groups in total. The van der Waals surface area contributed by atoms with Crippen LogP contribution in [0.1, 0.15) is 43.5 Å². The zero-order valence-corrected chi connectivity index (χ0v) is 16.4. The highest BCUT2D eigenvalue weighted by atomic mass is 16.1. The Bertz CT molecular complexity index is 969. The van der Waals surface area contributed by atoms with Crippen LogP contribution < -0.4 is 16.4 Å². The molecule has 0 aliphatic rings. The van der Waals surface area contributed by atoms with Gasteiger partial charge >= 0.3 is 0 Å². The smallest absolute Gasteiger partial charge is 0.254 e. The lowest BCUT2D eigenvalue weighted by molar-refractivity contribution is 0.0945. The molecular weight excluding hydrogens is 356 g/mol. The Morgan fingerprint density at radius 1 is 1.36 bits per heavy atom. The second kappa shape index (κ2) is 8.20. The van der Waals surface area contributed by atoms with Crippen molar-refractivity contribution in [2.75, 3.05) is 17.6 Å². The lowest BCUT2D eigenvalue weighted by atomic mass is 9.94. The van der Waals surface area contributed by atoms with Gasteiger partial charge < -0.3 is 16.4 Å². The predicted octanol–water partition coefficient (Wildman–Crippen LogP) is 2.13. The molecule has 3 aromatic heterocycles. The molecule has 9 nitrogen and oxygen atoms in total. The summed E-state index contributed by atoms with van der Waals surface area (Å²) in [6.45, 7) is 4.60. The molecule has 0 fully saturated rings. The van der Waals surface area contributed by atoms with Crippen molar-refractivity contribution in [2.24, 2.45) is 7.05 Å². The van der Waals surface area contributed by atoms with E-state index >= 15 is 0 Å². The van der Waals surface area contributed by atoms with E-state index in [0.29, 0.717) is 29.0 Å². The van der Waals surface area contributed by atoms with Crippen molar-refractivity contribution in [1.29, 1.82) is 0 Å². The Balaban J connectivity index is 1.82. The minimum absolute atomic E-state index is 0.164. The molecule has 0 spiro atoms. The van der Waals surface area contributed by atoms with E-state index in [2.05, 4.69) is 44.5 Å². The van der Waals surface area contributed by atoms with E-state index < -0.39 is 5.54 Å². The SMILES string of the molecule is CCCCC(C)(CNC(=O)c1cnn(C)c1)Nc1nc(N)nc2cccnc12. The summed E-state index contributed by atoms with van der Waals surface area (Å²) >= 11 is 0. The molecule has 3 heterocycles. The Morgan fingerprint density at radius 3 is 2.89 bits per heavy atom. The molecule has 1 atom stereocenters. The highest BCUT2D eigenvalue weighted by Gasteiger charge is 2.26. The average Bonchev–Trinajstić information content (AvgIpc) is 3.11. The molecule has 0 saturated carbocycles. The van der Waals surface area contributed by atoms with E-state index in [1.165, 1.54) is 0 Å². The molecular formula is C19H26N8O. The van der Waals surface area contributed by atoms with E-state index in [9.17, 15) is 4.79 Å². The van der Waals surface area contributed by atoms with Crippen LogP contribution in [0.5, 0.6) is 0 Å². The van der Waals surface area contributed by atoms with Gasteiger partial charge in [0.1, 0.15) is 5.52 Å². The lowest BCUT2D eigenvalue weighted by Gasteiger charge is -2.32. The molecule has 0 aromatic carbocycles. The third-order valence-electron chi connectivity index (χ3n) is 4.58. The predicted molar refractivity (Wildman–Crippen MR) is 109 cm³/mol. The maximum atomic E-state index is 12.4. The summed E-state index contributed by atoms with van der Waals surface area (Å²) in [5, 5.41) is 10.5. The van der Waals surface area contributed by atoms with Crippen molar-refractivity contribution in [3.8, 4) is 0 Å². The van der Waals surface area contributed by atoms with Crippen LogP contribution in [0.4, 0.5) is 11.8 Å². The van der Waals surface area contributed by atoms with E-state index in [-0.39, 0.29) is 11.9 Å². The highest BCUT2D eigenvalue weighted by Crippen LogP contribution is 2.25.